The maximum atomic E-state index is 11.2. The first-order valence-electron chi connectivity index (χ1n) is 6.25. The average Bonchev–Trinajstić information content (AvgIpc) is 2.92. The first-order chi connectivity index (χ1) is 9.63. The molecule has 0 radical (unpaired) electrons. The molecular weight excluding hydrogens is 276 g/mol. The van der Waals surface area contributed by atoms with Crippen LogP contribution in [0.15, 0.2) is 30.3 Å². The Labute approximate surface area is 121 Å². The minimum absolute atomic E-state index is 0.137. The van der Waals surface area contributed by atoms with Crippen LogP contribution >= 0.6 is 11.3 Å². The summed E-state index contributed by atoms with van der Waals surface area (Å²) >= 11 is 1.67. The monoisotopic (exact) mass is 292 g/mol. The van der Waals surface area contributed by atoms with Gasteiger partial charge in [0.2, 0.25) is 0 Å². The predicted molar refractivity (Wildman–Crippen MR) is 78.0 cm³/mol. The molecule has 2 rings (SSSR count). The van der Waals surface area contributed by atoms with Crippen molar-refractivity contribution < 1.29 is 19.4 Å². The molecule has 0 aliphatic rings. The Morgan fingerprint density at radius 2 is 2.00 bits per heavy atom. The van der Waals surface area contributed by atoms with E-state index in [2.05, 4.69) is 13.0 Å². The molecule has 0 saturated carbocycles. The smallest absolute Gasteiger partial charge is 0.339 e. The lowest BCUT2D eigenvalue weighted by atomic mass is 10.2. The Bertz CT molecular complexity index is 604. The van der Waals surface area contributed by atoms with Gasteiger partial charge in [0.05, 0.1) is 7.11 Å². The third-order valence-electron chi connectivity index (χ3n) is 2.85. The van der Waals surface area contributed by atoms with Crippen molar-refractivity contribution in [3.05, 3.63) is 45.6 Å². The first kappa shape index (κ1) is 14.4. The summed E-state index contributed by atoms with van der Waals surface area (Å²) < 4.78 is 10.7. The van der Waals surface area contributed by atoms with Crippen LogP contribution < -0.4 is 9.47 Å². The topological polar surface area (TPSA) is 55.8 Å². The molecule has 2 aromatic rings. The number of carboxylic acid groups (broad SMARTS) is 1. The number of benzene rings is 1. The third kappa shape index (κ3) is 3.30. The number of aryl methyl sites for hydroxylation is 1. The number of thiophene rings is 1. The van der Waals surface area contributed by atoms with Crippen molar-refractivity contribution in [2.24, 2.45) is 0 Å². The molecular formula is C15H16O4S. The lowest BCUT2D eigenvalue weighted by molar-refractivity contribution is 0.0692. The Balaban J connectivity index is 2.16. The fraction of sp³-hybridized carbons (Fsp3) is 0.267. The van der Waals surface area contributed by atoms with Gasteiger partial charge in [-0.15, -0.1) is 11.3 Å². The summed E-state index contributed by atoms with van der Waals surface area (Å²) in [5.74, 6) is -0.114. The molecule has 0 spiro atoms. The van der Waals surface area contributed by atoms with Gasteiger partial charge in [-0.05, 0) is 30.7 Å². The van der Waals surface area contributed by atoms with E-state index in [1.54, 1.807) is 23.5 Å². The van der Waals surface area contributed by atoms with E-state index in [0.717, 1.165) is 11.3 Å². The molecule has 0 aliphatic heterocycles. The highest BCUT2D eigenvalue weighted by molar-refractivity contribution is 7.11. The van der Waals surface area contributed by atoms with E-state index >= 15 is 0 Å². The van der Waals surface area contributed by atoms with Gasteiger partial charge in [-0.3, -0.25) is 0 Å². The summed E-state index contributed by atoms with van der Waals surface area (Å²) in [6, 6.07) is 8.76. The van der Waals surface area contributed by atoms with E-state index in [9.17, 15) is 4.79 Å². The van der Waals surface area contributed by atoms with Crippen molar-refractivity contribution in [2.75, 3.05) is 7.11 Å². The number of hydrogen-bond donors (Lipinski definition) is 1. The van der Waals surface area contributed by atoms with Gasteiger partial charge in [0.15, 0.2) is 0 Å². The number of aromatic carboxylic acids is 1. The van der Waals surface area contributed by atoms with E-state index in [-0.39, 0.29) is 5.56 Å². The molecule has 1 aromatic heterocycles. The summed E-state index contributed by atoms with van der Waals surface area (Å²) in [4.78, 5) is 13.5. The molecule has 0 unspecified atom stereocenters. The van der Waals surface area contributed by atoms with Crippen molar-refractivity contribution in [1.29, 1.82) is 0 Å². The standard InChI is InChI=1S/C15H16O4S/c1-3-11-5-6-12(20-11)9-19-14-8-10(18-2)4-7-13(14)15(16)17/h4-8H,3,9H2,1-2H3,(H,16,17). The fourth-order valence-corrected chi connectivity index (χ4v) is 2.64. The molecule has 0 aliphatic carbocycles. The Hall–Kier alpha value is -2.01. The zero-order valence-corrected chi connectivity index (χ0v) is 12.2. The average molecular weight is 292 g/mol. The largest absolute Gasteiger partial charge is 0.497 e. The minimum atomic E-state index is -1.01. The highest BCUT2D eigenvalue weighted by Crippen LogP contribution is 2.27. The second-order valence-electron chi connectivity index (χ2n) is 4.18. The molecule has 1 aromatic carbocycles. The maximum Gasteiger partial charge on any atom is 0.339 e. The highest BCUT2D eigenvalue weighted by atomic mass is 32.1. The number of hydrogen-bond acceptors (Lipinski definition) is 4. The van der Waals surface area contributed by atoms with Crippen LogP contribution in [0.25, 0.3) is 0 Å². The lowest BCUT2D eigenvalue weighted by Crippen LogP contribution is -2.03. The molecule has 5 heteroatoms. The summed E-state index contributed by atoms with van der Waals surface area (Å²) in [6.45, 7) is 2.46. The van der Waals surface area contributed by atoms with Crippen LogP contribution in [0.4, 0.5) is 0 Å². The molecule has 0 fully saturated rings. The summed E-state index contributed by atoms with van der Waals surface area (Å²) in [5.41, 5.74) is 0.137. The van der Waals surface area contributed by atoms with Crippen LogP contribution in [0.5, 0.6) is 11.5 Å². The van der Waals surface area contributed by atoms with Crippen LogP contribution in [0, 0.1) is 0 Å². The fourth-order valence-electron chi connectivity index (χ4n) is 1.76. The Morgan fingerprint density at radius 3 is 2.60 bits per heavy atom. The van der Waals surface area contributed by atoms with E-state index in [0.29, 0.717) is 18.1 Å². The van der Waals surface area contributed by atoms with Gasteiger partial charge in [-0.2, -0.15) is 0 Å². The van der Waals surface area contributed by atoms with Gasteiger partial charge in [0.1, 0.15) is 23.7 Å². The van der Waals surface area contributed by atoms with Crippen molar-refractivity contribution in [1.82, 2.24) is 0 Å². The summed E-state index contributed by atoms with van der Waals surface area (Å²) in [5, 5.41) is 9.15. The van der Waals surface area contributed by atoms with E-state index < -0.39 is 5.97 Å². The van der Waals surface area contributed by atoms with Gasteiger partial charge < -0.3 is 14.6 Å². The Morgan fingerprint density at radius 1 is 1.25 bits per heavy atom. The quantitative estimate of drug-likeness (QED) is 0.884. The number of ether oxygens (including phenoxy) is 2. The van der Waals surface area contributed by atoms with Gasteiger partial charge in [-0.25, -0.2) is 4.79 Å². The van der Waals surface area contributed by atoms with E-state index in [4.69, 9.17) is 14.6 Å². The number of carboxylic acids is 1. The lowest BCUT2D eigenvalue weighted by Gasteiger charge is -2.10. The predicted octanol–water partition coefficient (Wildman–Crippen LogP) is 3.60. The van der Waals surface area contributed by atoms with Gasteiger partial charge in [0, 0.05) is 15.8 Å². The SMILES string of the molecule is CCc1ccc(COc2cc(OC)ccc2C(=O)O)s1. The molecule has 1 N–H and O–H groups in total. The van der Waals surface area contributed by atoms with Crippen LogP contribution in [0.2, 0.25) is 0 Å². The molecule has 1 heterocycles. The first-order valence-corrected chi connectivity index (χ1v) is 7.07. The van der Waals surface area contributed by atoms with Crippen molar-refractivity contribution in [3.63, 3.8) is 0 Å². The van der Waals surface area contributed by atoms with Crippen LogP contribution in [0.1, 0.15) is 27.0 Å². The highest BCUT2D eigenvalue weighted by Gasteiger charge is 2.13. The molecule has 0 amide bonds. The zero-order valence-electron chi connectivity index (χ0n) is 11.4. The number of carbonyl (C=O) groups is 1. The van der Waals surface area contributed by atoms with Crippen LogP contribution in [-0.4, -0.2) is 18.2 Å². The second kappa shape index (κ2) is 6.43. The van der Waals surface area contributed by atoms with Crippen molar-refractivity contribution in [3.8, 4) is 11.5 Å². The van der Waals surface area contributed by atoms with E-state index in [1.165, 1.54) is 18.1 Å². The second-order valence-corrected chi connectivity index (χ2v) is 5.43. The van der Waals surface area contributed by atoms with Crippen molar-refractivity contribution >= 4 is 17.3 Å². The number of methoxy groups -OCH3 is 1. The van der Waals surface area contributed by atoms with Gasteiger partial charge in [0.25, 0.3) is 0 Å². The molecule has 0 saturated heterocycles. The van der Waals surface area contributed by atoms with Gasteiger partial charge >= 0.3 is 5.97 Å². The van der Waals surface area contributed by atoms with E-state index in [1.807, 2.05) is 6.07 Å². The molecule has 20 heavy (non-hydrogen) atoms. The third-order valence-corrected chi connectivity index (χ3v) is 4.06. The van der Waals surface area contributed by atoms with Crippen LogP contribution in [0.3, 0.4) is 0 Å². The molecule has 106 valence electrons. The maximum absolute atomic E-state index is 11.2. The molecule has 0 bridgehead atoms. The van der Waals surface area contributed by atoms with Gasteiger partial charge in [-0.1, -0.05) is 6.92 Å². The summed E-state index contributed by atoms with van der Waals surface area (Å²) in [6.07, 6.45) is 0.990. The minimum Gasteiger partial charge on any atom is -0.497 e. The summed E-state index contributed by atoms with van der Waals surface area (Å²) in [7, 11) is 1.53. The molecule has 0 atom stereocenters. The van der Waals surface area contributed by atoms with Crippen LogP contribution in [-0.2, 0) is 13.0 Å². The number of rotatable bonds is 6. The molecule has 4 nitrogen and oxygen atoms in total. The normalized spacial score (nSPS) is 10.3. The Kier molecular flexibility index (Phi) is 4.63. The van der Waals surface area contributed by atoms with Crippen molar-refractivity contribution in [2.45, 2.75) is 20.0 Å². The zero-order chi connectivity index (χ0) is 14.5.